The highest BCUT2D eigenvalue weighted by molar-refractivity contribution is 5.98. The van der Waals surface area contributed by atoms with Crippen molar-refractivity contribution in [2.75, 3.05) is 18.8 Å². The van der Waals surface area contributed by atoms with E-state index in [9.17, 15) is 4.79 Å². The summed E-state index contributed by atoms with van der Waals surface area (Å²) in [6, 6.07) is 10.2. The van der Waals surface area contributed by atoms with Crippen molar-refractivity contribution in [1.82, 2.24) is 20.0 Å². The Kier molecular flexibility index (Phi) is 5.32. The van der Waals surface area contributed by atoms with E-state index in [1.54, 1.807) is 10.9 Å². The molecule has 1 saturated heterocycles. The lowest BCUT2D eigenvalue weighted by Gasteiger charge is -2.41. The lowest BCUT2D eigenvalue weighted by molar-refractivity contribution is 0.0813. The lowest BCUT2D eigenvalue weighted by Crippen LogP contribution is -2.50. The molecule has 1 aromatic heterocycles. The molecule has 2 heterocycles. The number of hydrogen-bond donors (Lipinski definition) is 2. The first kappa shape index (κ1) is 18.5. The fraction of sp³-hybridized carbons (Fsp3) is 0.500. The highest BCUT2D eigenvalue weighted by Crippen LogP contribution is 2.21. The van der Waals surface area contributed by atoms with E-state index in [2.05, 4.69) is 36.1 Å². The molecule has 6 heteroatoms. The van der Waals surface area contributed by atoms with Gasteiger partial charge in [-0.05, 0) is 39.2 Å². The van der Waals surface area contributed by atoms with E-state index in [0.29, 0.717) is 17.9 Å². The molecule has 0 saturated carbocycles. The molecule has 3 rings (SSSR count). The molecule has 0 radical (unpaired) electrons. The first-order valence-electron chi connectivity index (χ1n) is 9.25. The summed E-state index contributed by atoms with van der Waals surface area (Å²) in [6.45, 7) is 9.24. The van der Waals surface area contributed by atoms with Gasteiger partial charge in [0.25, 0.3) is 5.91 Å². The average Bonchev–Trinajstić information content (AvgIpc) is 2.96. The molecule has 1 aliphatic rings. The summed E-state index contributed by atoms with van der Waals surface area (Å²) in [4.78, 5) is 15.1. The quantitative estimate of drug-likeness (QED) is 0.883. The van der Waals surface area contributed by atoms with Crippen LogP contribution in [0.2, 0.25) is 0 Å². The molecule has 1 aromatic carbocycles. The zero-order chi connectivity index (χ0) is 18.7. The third-order valence-electron chi connectivity index (χ3n) is 5.08. The van der Waals surface area contributed by atoms with Crippen molar-refractivity contribution in [2.45, 2.75) is 51.7 Å². The Morgan fingerprint density at radius 3 is 2.50 bits per heavy atom. The van der Waals surface area contributed by atoms with Crippen molar-refractivity contribution in [3.05, 3.63) is 47.7 Å². The van der Waals surface area contributed by atoms with Gasteiger partial charge in [0.15, 0.2) is 0 Å². The van der Waals surface area contributed by atoms with Crippen LogP contribution in [-0.2, 0) is 6.54 Å². The predicted octanol–water partition coefficient (Wildman–Crippen LogP) is 2.51. The van der Waals surface area contributed by atoms with Crippen LogP contribution in [-0.4, -0.2) is 45.3 Å². The van der Waals surface area contributed by atoms with Gasteiger partial charge in [0.05, 0.1) is 12.7 Å². The third-order valence-corrected chi connectivity index (χ3v) is 5.08. The summed E-state index contributed by atoms with van der Waals surface area (Å²) in [5, 5.41) is 7.42. The van der Waals surface area contributed by atoms with E-state index < -0.39 is 0 Å². The third kappa shape index (κ3) is 4.25. The summed E-state index contributed by atoms with van der Waals surface area (Å²) < 4.78 is 1.67. The number of carbonyl (C=O) groups is 1. The molecule has 26 heavy (non-hydrogen) atoms. The fourth-order valence-corrected chi connectivity index (χ4v) is 3.41. The summed E-state index contributed by atoms with van der Waals surface area (Å²) in [7, 11) is 0. The molecule has 0 bridgehead atoms. The van der Waals surface area contributed by atoms with Gasteiger partial charge in [-0.25, -0.2) is 4.68 Å². The van der Waals surface area contributed by atoms with Crippen molar-refractivity contribution in [2.24, 2.45) is 0 Å². The minimum atomic E-state index is -0.129. The Morgan fingerprint density at radius 1 is 1.23 bits per heavy atom. The Morgan fingerprint density at radius 2 is 1.88 bits per heavy atom. The number of carbonyl (C=O) groups excluding carboxylic acids is 1. The number of nitrogens with two attached hydrogens (primary N) is 1. The van der Waals surface area contributed by atoms with Gasteiger partial charge in [-0.2, -0.15) is 5.10 Å². The second-order valence-electron chi connectivity index (χ2n) is 7.99. The van der Waals surface area contributed by atoms with Gasteiger partial charge >= 0.3 is 0 Å². The number of nitrogen functional groups attached to an aromatic ring is 1. The Bertz CT molecular complexity index is 739. The van der Waals surface area contributed by atoms with Crippen LogP contribution in [0.3, 0.4) is 0 Å². The molecular formula is C20H29N5O. The zero-order valence-electron chi connectivity index (χ0n) is 15.9. The smallest absolute Gasteiger partial charge is 0.256 e. The summed E-state index contributed by atoms with van der Waals surface area (Å²) in [6.07, 6.45) is 3.49. The number of anilines is 1. The first-order chi connectivity index (χ1) is 12.3. The van der Waals surface area contributed by atoms with E-state index >= 15 is 0 Å². The van der Waals surface area contributed by atoms with Gasteiger partial charge in [0, 0.05) is 24.7 Å². The monoisotopic (exact) mass is 355 g/mol. The normalized spacial score (nSPS) is 16.6. The van der Waals surface area contributed by atoms with Crippen LogP contribution in [0.25, 0.3) is 0 Å². The van der Waals surface area contributed by atoms with Gasteiger partial charge in [-0.15, -0.1) is 0 Å². The standard InChI is InChI=1S/C20H29N5O/c1-20(2,3)24-11-9-16(10-12-24)23-19(26)17-13-22-25(18(17)21)14-15-7-5-4-6-8-15/h4-8,13,16H,9-12,14,21H2,1-3H3,(H,23,26). The van der Waals surface area contributed by atoms with Gasteiger partial charge < -0.3 is 11.1 Å². The molecule has 1 amide bonds. The molecule has 1 aliphatic heterocycles. The number of nitrogens with one attached hydrogen (secondary N) is 1. The van der Waals surface area contributed by atoms with E-state index in [0.717, 1.165) is 31.5 Å². The van der Waals surface area contributed by atoms with Crippen LogP contribution < -0.4 is 11.1 Å². The molecule has 0 spiro atoms. The maximum Gasteiger partial charge on any atom is 0.256 e. The highest BCUT2D eigenvalue weighted by atomic mass is 16.1. The van der Waals surface area contributed by atoms with Crippen LogP contribution >= 0.6 is 0 Å². The van der Waals surface area contributed by atoms with Gasteiger partial charge in [-0.3, -0.25) is 9.69 Å². The number of hydrogen-bond acceptors (Lipinski definition) is 4. The molecule has 0 atom stereocenters. The number of likely N-dealkylation sites (tertiary alicyclic amines) is 1. The predicted molar refractivity (Wildman–Crippen MR) is 104 cm³/mol. The Balaban J connectivity index is 1.59. The number of nitrogens with zero attached hydrogens (tertiary/aromatic N) is 3. The Labute approximate surface area is 155 Å². The van der Waals surface area contributed by atoms with Crippen LogP contribution in [0, 0.1) is 0 Å². The summed E-state index contributed by atoms with van der Waals surface area (Å²) >= 11 is 0. The van der Waals surface area contributed by atoms with Crippen molar-refractivity contribution in [3.63, 3.8) is 0 Å². The zero-order valence-corrected chi connectivity index (χ0v) is 15.9. The number of aromatic nitrogens is 2. The molecule has 6 nitrogen and oxygen atoms in total. The van der Waals surface area contributed by atoms with Crippen molar-refractivity contribution >= 4 is 11.7 Å². The van der Waals surface area contributed by atoms with Gasteiger partial charge in [-0.1, -0.05) is 30.3 Å². The summed E-state index contributed by atoms with van der Waals surface area (Å²) in [5.41, 5.74) is 7.90. The number of rotatable bonds is 4. The average molecular weight is 355 g/mol. The van der Waals surface area contributed by atoms with E-state index in [4.69, 9.17) is 5.73 Å². The van der Waals surface area contributed by atoms with Crippen molar-refractivity contribution in [3.8, 4) is 0 Å². The maximum absolute atomic E-state index is 12.6. The minimum Gasteiger partial charge on any atom is -0.383 e. The van der Waals surface area contributed by atoms with Crippen LogP contribution in [0.15, 0.2) is 36.5 Å². The highest BCUT2D eigenvalue weighted by Gasteiger charge is 2.28. The first-order valence-corrected chi connectivity index (χ1v) is 9.25. The minimum absolute atomic E-state index is 0.129. The topological polar surface area (TPSA) is 76.2 Å². The number of piperidine rings is 1. The lowest BCUT2D eigenvalue weighted by atomic mass is 9.98. The number of amides is 1. The van der Waals surface area contributed by atoms with Crippen LogP contribution in [0.5, 0.6) is 0 Å². The summed E-state index contributed by atoms with van der Waals surface area (Å²) in [5.74, 6) is 0.287. The van der Waals surface area contributed by atoms with Crippen molar-refractivity contribution < 1.29 is 4.79 Å². The SMILES string of the molecule is CC(C)(C)N1CCC(NC(=O)c2cnn(Cc3ccccc3)c2N)CC1. The Hall–Kier alpha value is -2.34. The molecular weight excluding hydrogens is 326 g/mol. The maximum atomic E-state index is 12.6. The number of benzene rings is 1. The molecule has 0 aliphatic carbocycles. The largest absolute Gasteiger partial charge is 0.383 e. The van der Waals surface area contributed by atoms with E-state index in [1.807, 2.05) is 30.3 Å². The van der Waals surface area contributed by atoms with Crippen molar-refractivity contribution in [1.29, 1.82) is 0 Å². The molecule has 0 unspecified atom stereocenters. The molecule has 140 valence electrons. The van der Waals surface area contributed by atoms with Crippen LogP contribution in [0.1, 0.15) is 49.5 Å². The van der Waals surface area contributed by atoms with Gasteiger partial charge in [0.1, 0.15) is 11.4 Å². The second-order valence-corrected chi connectivity index (χ2v) is 7.99. The van der Waals surface area contributed by atoms with E-state index in [-0.39, 0.29) is 17.5 Å². The molecule has 2 aromatic rings. The van der Waals surface area contributed by atoms with Gasteiger partial charge in [0.2, 0.25) is 0 Å². The molecule has 3 N–H and O–H groups in total. The van der Waals surface area contributed by atoms with E-state index in [1.165, 1.54) is 0 Å². The second kappa shape index (κ2) is 7.50. The molecule has 1 fully saturated rings. The van der Waals surface area contributed by atoms with Crippen LogP contribution in [0.4, 0.5) is 5.82 Å². The fourth-order valence-electron chi connectivity index (χ4n) is 3.41.